The van der Waals surface area contributed by atoms with Gasteiger partial charge in [-0.1, -0.05) is 55.6 Å². The van der Waals surface area contributed by atoms with E-state index in [2.05, 4.69) is 47.3 Å². The molecular weight excluding hydrogens is 432 g/mol. The molecule has 5 nitrogen and oxygen atoms in total. The zero-order valence-corrected chi connectivity index (χ0v) is 18.8. The van der Waals surface area contributed by atoms with Gasteiger partial charge < -0.3 is 15.4 Å². The summed E-state index contributed by atoms with van der Waals surface area (Å²) in [5.41, 5.74) is 1.72. The van der Waals surface area contributed by atoms with Crippen molar-refractivity contribution in [2.45, 2.75) is 46.5 Å². The Balaban J connectivity index is 2.07. The molecule has 0 unspecified atom stereocenters. The second-order valence-electron chi connectivity index (χ2n) is 7.39. The van der Waals surface area contributed by atoms with Crippen molar-refractivity contribution in [1.82, 2.24) is 0 Å². The van der Waals surface area contributed by atoms with Crippen LogP contribution in [-0.2, 0) is 4.79 Å². The number of amides is 2. The molecule has 6 heteroatoms. The Morgan fingerprint density at radius 1 is 1.03 bits per heavy atom. The fourth-order valence-corrected chi connectivity index (χ4v) is 3.06. The lowest BCUT2D eigenvalue weighted by Gasteiger charge is -2.14. The summed E-state index contributed by atoms with van der Waals surface area (Å²) in [6.07, 6.45) is 3.49. The van der Waals surface area contributed by atoms with Gasteiger partial charge in [0.1, 0.15) is 5.75 Å². The van der Waals surface area contributed by atoms with E-state index >= 15 is 0 Å². The number of hydrogen-bond donors (Lipinski definition) is 2. The van der Waals surface area contributed by atoms with Crippen molar-refractivity contribution < 1.29 is 14.3 Å². The van der Waals surface area contributed by atoms with Crippen molar-refractivity contribution in [3.05, 3.63) is 52.5 Å². The number of rotatable bonds is 10. The van der Waals surface area contributed by atoms with Gasteiger partial charge in [-0.15, -0.1) is 0 Å². The minimum atomic E-state index is -0.267. The van der Waals surface area contributed by atoms with Gasteiger partial charge in [-0.2, -0.15) is 0 Å². The maximum absolute atomic E-state index is 12.8. The Bertz CT molecular complexity index is 837. The number of carbonyl (C=O) groups is 2. The summed E-state index contributed by atoms with van der Waals surface area (Å²) in [5, 5.41) is 5.77. The highest BCUT2D eigenvalue weighted by Gasteiger charge is 2.15. The Morgan fingerprint density at radius 3 is 2.45 bits per heavy atom. The molecule has 29 heavy (non-hydrogen) atoms. The van der Waals surface area contributed by atoms with Crippen LogP contribution in [0.25, 0.3) is 0 Å². The quantitative estimate of drug-likeness (QED) is 0.411. The monoisotopic (exact) mass is 460 g/mol. The smallest absolute Gasteiger partial charge is 0.259 e. The molecule has 0 heterocycles. The summed E-state index contributed by atoms with van der Waals surface area (Å²) in [5.74, 6) is 0.613. The third-order valence-corrected chi connectivity index (χ3v) is 4.66. The molecule has 0 fully saturated rings. The van der Waals surface area contributed by atoms with E-state index in [0.717, 1.165) is 23.7 Å². The molecule has 0 aromatic heterocycles. The average molecular weight is 461 g/mol. The van der Waals surface area contributed by atoms with Crippen LogP contribution in [0.4, 0.5) is 11.4 Å². The third-order valence-electron chi connectivity index (χ3n) is 4.17. The largest absolute Gasteiger partial charge is 0.492 e. The van der Waals surface area contributed by atoms with Crippen LogP contribution in [-0.4, -0.2) is 18.4 Å². The normalized spacial score (nSPS) is 10.7. The van der Waals surface area contributed by atoms with Gasteiger partial charge in [0.25, 0.3) is 5.91 Å². The Morgan fingerprint density at radius 2 is 1.76 bits per heavy atom. The van der Waals surface area contributed by atoms with Crippen LogP contribution in [0.3, 0.4) is 0 Å². The lowest BCUT2D eigenvalue weighted by atomic mass is 10.1. The summed E-state index contributed by atoms with van der Waals surface area (Å²) >= 11 is 3.41. The number of nitrogens with one attached hydrogen (secondary N) is 2. The molecule has 0 atom stereocenters. The van der Waals surface area contributed by atoms with Crippen LogP contribution >= 0.6 is 15.9 Å². The second-order valence-corrected chi connectivity index (χ2v) is 8.30. The molecule has 0 aliphatic rings. The first-order valence-electron chi connectivity index (χ1n) is 10.0. The Labute approximate surface area is 181 Å². The topological polar surface area (TPSA) is 67.4 Å². The predicted molar refractivity (Wildman–Crippen MR) is 122 cm³/mol. The van der Waals surface area contributed by atoms with E-state index in [1.165, 1.54) is 0 Å². The van der Waals surface area contributed by atoms with E-state index in [1.54, 1.807) is 30.3 Å². The fourth-order valence-electron chi connectivity index (χ4n) is 2.69. The zero-order chi connectivity index (χ0) is 21.2. The lowest BCUT2D eigenvalue weighted by molar-refractivity contribution is -0.116. The molecule has 2 amide bonds. The SMILES string of the molecule is CCCCCC(=O)Nc1cccc(NC(=O)c2cc(Br)ccc2OCC(C)C)c1. The molecule has 0 aliphatic heterocycles. The molecule has 2 aromatic carbocycles. The van der Waals surface area contributed by atoms with Crippen LogP contribution in [0.1, 0.15) is 56.8 Å². The van der Waals surface area contributed by atoms with E-state index in [1.807, 2.05) is 12.1 Å². The van der Waals surface area contributed by atoms with Crippen molar-refractivity contribution in [3.8, 4) is 5.75 Å². The van der Waals surface area contributed by atoms with Crippen LogP contribution in [0.15, 0.2) is 46.9 Å². The second kappa shape index (κ2) is 11.6. The van der Waals surface area contributed by atoms with Gasteiger partial charge in [0.05, 0.1) is 12.2 Å². The number of carbonyl (C=O) groups excluding carboxylic acids is 2. The summed E-state index contributed by atoms with van der Waals surface area (Å²) < 4.78 is 6.60. The van der Waals surface area contributed by atoms with Gasteiger partial charge in [0.2, 0.25) is 5.91 Å². The van der Waals surface area contributed by atoms with Crippen LogP contribution in [0.2, 0.25) is 0 Å². The molecule has 0 spiro atoms. The maximum atomic E-state index is 12.8. The van der Waals surface area contributed by atoms with Gasteiger partial charge in [-0.3, -0.25) is 9.59 Å². The molecule has 156 valence electrons. The predicted octanol–water partition coefficient (Wildman–Crippen LogP) is 6.26. The first kappa shape index (κ1) is 22.9. The zero-order valence-electron chi connectivity index (χ0n) is 17.3. The van der Waals surface area contributed by atoms with Crippen molar-refractivity contribution in [1.29, 1.82) is 0 Å². The summed E-state index contributed by atoms with van der Waals surface area (Å²) in [6.45, 7) is 6.75. The summed E-state index contributed by atoms with van der Waals surface area (Å²) in [4.78, 5) is 24.9. The van der Waals surface area contributed by atoms with Gasteiger partial charge in [0.15, 0.2) is 0 Å². The van der Waals surface area contributed by atoms with Crippen LogP contribution < -0.4 is 15.4 Å². The van der Waals surface area contributed by atoms with Crippen molar-refractivity contribution >= 4 is 39.1 Å². The van der Waals surface area contributed by atoms with Gasteiger partial charge in [-0.05, 0) is 48.7 Å². The molecule has 2 N–H and O–H groups in total. The van der Waals surface area contributed by atoms with Gasteiger partial charge in [0, 0.05) is 22.3 Å². The van der Waals surface area contributed by atoms with Gasteiger partial charge in [-0.25, -0.2) is 0 Å². The summed E-state index contributed by atoms with van der Waals surface area (Å²) in [6, 6.07) is 12.5. The number of ether oxygens (including phenoxy) is 1. The highest BCUT2D eigenvalue weighted by atomic mass is 79.9. The number of unbranched alkanes of at least 4 members (excludes halogenated alkanes) is 2. The maximum Gasteiger partial charge on any atom is 0.259 e. The molecule has 0 bridgehead atoms. The number of benzene rings is 2. The van der Waals surface area contributed by atoms with Crippen molar-refractivity contribution in [2.75, 3.05) is 17.2 Å². The molecule has 2 aromatic rings. The van der Waals surface area contributed by atoms with Gasteiger partial charge >= 0.3 is 0 Å². The van der Waals surface area contributed by atoms with Crippen LogP contribution in [0, 0.1) is 5.92 Å². The average Bonchev–Trinajstić information content (AvgIpc) is 2.67. The number of hydrogen-bond acceptors (Lipinski definition) is 3. The summed E-state index contributed by atoms with van der Waals surface area (Å²) in [7, 11) is 0. The molecule has 0 radical (unpaired) electrons. The standard InChI is InChI=1S/C23H29BrN2O3/c1-4-5-6-10-22(27)25-18-8-7-9-19(14-18)26-23(28)20-13-17(24)11-12-21(20)29-15-16(2)3/h7-9,11-14,16H,4-6,10,15H2,1-3H3,(H,25,27)(H,26,28). The minimum Gasteiger partial charge on any atom is -0.492 e. The third kappa shape index (κ3) is 7.89. The lowest BCUT2D eigenvalue weighted by Crippen LogP contribution is -2.16. The molecule has 2 rings (SSSR count). The fraction of sp³-hybridized carbons (Fsp3) is 0.391. The Hall–Kier alpha value is -2.34. The molecule has 0 saturated carbocycles. The van der Waals surface area contributed by atoms with Crippen molar-refractivity contribution in [2.24, 2.45) is 5.92 Å². The first-order chi connectivity index (χ1) is 13.9. The van der Waals surface area contributed by atoms with E-state index in [4.69, 9.17) is 4.74 Å². The van der Waals surface area contributed by atoms with Crippen molar-refractivity contribution in [3.63, 3.8) is 0 Å². The van der Waals surface area contributed by atoms with E-state index < -0.39 is 0 Å². The molecule has 0 aliphatic carbocycles. The number of halogens is 1. The van der Waals surface area contributed by atoms with E-state index in [9.17, 15) is 9.59 Å². The first-order valence-corrected chi connectivity index (χ1v) is 10.8. The highest BCUT2D eigenvalue weighted by molar-refractivity contribution is 9.10. The van der Waals surface area contributed by atoms with E-state index in [-0.39, 0.29) is 11.8 Å². The molecule has 0 saturated heterocycles. The molecular formula is C23H29BrN2O3. The van der Waals surface area contributed by atoms with E-state index in [0.29, 0.717) is 41.6 Å². The van der Waals surface area contributed by atoms with Crippen LogP contribution in [0.5, 0.6) is 5.75 Å². The number of anilines is 2. The minimum absolute atomic E-state index is 0.0155. The highest BCUT2D eigenvalue weighted by Crippen LogP contribution is 2.25. The Kier molecular flexibility index (Phi) is 9.19.